The molecule has 0 radical (unpaired) electrons. The first-order valence-corrected chi connectivity index (χ1v) is 10.1. The van der Waals surface area contributed by atoms with Crippen LogP contribution in [0.2, 0.25) is 0 Å². The molecule has 0 fully saturated rings. The number of benzene rings is 2. The summed E-state index contributed by atoms with van der Waals surface area (Å²) < 4.78 is 5.67. The molecule has 2 aromatic carbocycles. The van der Waals surface area contributed by atoms with Crippen LogP contribution in [0.4, 0.5) is 5.69 Å². The summed E-state index contributed by atoms with van der Waals surface area (Å²) in [6, 6.07) is 15.8. The Bertz CT molecular complexity index is 818. The second-order valence-electron chi connectivity index (χ2n) is 7.17. The van der Waals surface area contributed by atoms with Gasteiger partial charge in [0.1, 0.15) is 5.75 Å². The first-order valence-electron chi connectivity index (χ1n) is 10.1. The zero-order valence-electron chi connectivity index (χ0n) is 17.8. The van der Waals surface area contributed by atoms with Crippen molar-refractivity contribution in [1.29, 1.82) is 0 Å². The molecule has 0 aromatic heterocycles. The number of amides is 1. The minimum atomic E-state index is 0.0375. The van der Waals surface area contributed by atoms with E-state index in [2.05, 4.69) is 20.9 Å². The minimum Gasteiger partial charge on any atom is -0.494 e. The molecule has 0 aliphatic heterocycles. The topological polar surface area (TPSA) is 74.8 Å². The number of carbonyl (C=O) groups excluding carboxylic acids is 1. The van der Waals surface area contributed by atoms with Gasteiger partial charge in [-0.15, -0.1) is 0 Å². The van der Waals surface area contributed by atoms with E-state index in [1.165, 1.54) is 0 Å². The van der Waals surface area contributed by atoms with Crippen LogP contribution in [0.15, 0.2) is 53.5 Å². The average molecular weight is 397 g/mol. The van der Waals surface area contributed by atoms with E-state index < -0.39 is 0 Å². The molecule has 3 N–H and O–H groups in total. The Labute approximate surface area is 173 Å². The van der Waals surface area contributed by atoms with Crippen LogP contribution in [0.5, 0.6) is 5.75 Å². The second kappa shape index (κ2) is 11.7. The number of guanidine groups is 1. The Morgan fingerprint density at radius 1 is 1.07 bits per heavy atom. The lowest BCUT2D eigenvalue weighted by molar-refractivity contribution is -0.116. The third kappa shape index (κ3) is 7.86. The molecule has 2 aromatic rings. The first kappa shape index (κ1) is 22.3. The molecule has 0 aliphatic rings. The Balaban J connectivity index is 1.89. The minimum absolute atomic E-state index is 0.0375. The predicted molar refractivity (Wildman–Crippen MR) is 119 cm³/mol. The van der Waals surface area contributed by atoms with Crippen molar-refractivity contribution < 1.29 is 9.53 Å². The molecule has 0 saturated carbocycles. The van der Waals surface area contributed by atoms with Gasteiger partial charge in [-0.05, 0) is 36.6 Å². The Kier molecular flexibility index (Phi) is 9.02. The van der Waals surface area contributed by atoms with Crippen molar-refractivity contribution in [2.75, 3.05) is 19.0 Å². The monoisotopic (exact) mass is 396 g/mol. The Hall–Kier alpha value is -3.02. The van der Waals surface area contributed by atoms with Crippen molar-refractivity contribution in [3.8, 4) is 5.75 Å². The highest BCUT2D eigenvalue weighted by atomic mass is 16.5. The largest absolute Gasteiger partial charge is 0.494 e. The number of hydrogen-bond acceptors (Lipinski definition) is 3. The molecular formula is C23H32N4O2. The fourth-order valence-corrected chi connectivity index (χ4v) is 2.87. The lowest BCUT2D eigenvalue weighted by Gasteiger charge is -2.15. The summed E-state index contributed by atoms with van der Waals surface area (Å²) in [6.45, 7) is 7.89. The molecule has 0 atom stereocenters. The number of ether oxygens (including phenoxy) is 1. The van der Waals surface area contributed by atoms with Gasteiger partial charge < -0.3 is 20.7 Å². The normalized spacial score (nSPS) is 11.3. The molecule has 0 bridgehead atoms. The molecule has 29 heavy (non-hydrogen) atoms. The fourth-order valence-electron chi connectivity index (χ4n) is 2.87. The highest BCUT2D eigenvalue weighted by molar-refractivity contribution is 5.90. The summed E-state index contributed by atoms with van der Waals surface area (Å²) in [5, 5.41) is 9.57. The van der Waals surface area contributed by atoms with E-state index in [4.69, 9.17) is 4.74 Å². The highest BCUT2D eigenvalue weighted by Crippen LogP contribution is 2.17. The Morgan fingerprint density at radius 2 is 1.83 bits per heavy atom. The van der Waals surface area contributed by atoms with Crippen molar-refractivity contribution in [3.63, 3.8) is 0 Å². The van der Waals surface area contributed by atoms with Gasteiger partial charge in [0.05, 0.1) is 6.61 Å². The first-order chi connectivity index (χ1) is 14.0. The SMILES string of the molecule is CCOc1ccccc1CNC(=NC)NCc1cccc(NC(=O)CC(C)C)c1. The summed E-state index contributed by atoms with van der Waals surface area (Å²) in [7, 11) is 1.74. The van der Waals surface area contributed by atoms with Crippen LogP contribution < -0.4 is 20.7 Å². The van der Waals surface area contributed by atoms with Gasteiger partial charge in [0, 0.05) is 37.8 Å². The van der Waals surface area contributed by atoms with Gasteiger partial charge in [0.25, 0.3) is 0 Å². The van der Waals surface area contributed by atoms with Crippen LogP contribution in [0.3, 0.4) is 0 Å². The van der Waals surface area contributed by atoms with Crippen molar-refractivity contribution >= 4 is 17.6 Å². The maximum atomic E-state index is 12.0. The smallest absolute Gasteiger partial charge is 0.224 e. The quantitative estimate of drug-likeness (QED) is 0.443. The third-order valence-electron chi connectivity index (χ3n) is 4.21. The lowest BCUT2D eigenvalue weighted by atomic mass is 10.1. The maximum absolute atomic E-state index is 12.0. The van der Waals surface area contributed by atoms with Crippen molar-refractivity contribution in [2.24, 2.45) is 10.9 Å². The molecule has 1 amide bonds. The number of nitrogens with zero attached hydrogens (tertiary/aromatic N) is 1. The summed E-state index contributed by atoms with van der Waals surface area (Å²) >= 11 is 0. The van der Waals surface area contributed by atoms with Gasteiger partial charge in [-0.2, -0.15) is 0 Å². The predicted octanol–water partition coefficient (Wildman–Crippen LogP) is 3.94. The lowest BCUT2D eigenvalue weighted by Crippen LogP contribution is -2.36. The van der Waals surface area contributed by atoms with E-state index in [1.54, 1.807) is 7.05 Å². The van der Waals surface area contributed by atoms with Gasteiger partial charge in [0.15, 0.2) is 5.96 Å². The van der Waals surface area contributed by atoms with Crippen LogP contribution in [0, 0.1) is 5.92 Å². The molecule has 156 valence electrons. The fraction of sp³-hybridized carbons (Fsp3) is 0.391. The molecule has 6 nitrogen and oxygen atoms in total. The van der Waals surface area contributed by atoms with Crippen molar-refractivity contribution in [2.45, 2.75) is 40.3 Å². The second-order valence-corrected chi connectivity index (χ2v) is 7.17. The number of hydrogen-bond donors (Lipinski definition) is 3. The summed E-state index contributed by atoms with van der Waals surface area (Å²) in [5.74, 6) is 1.95. The zero-order chi connectivity index (χ0) is 21.1. The summed E-state index contributed by atoms with van der Waals surface area (Å²) in [5.41, 5.74) is 2.95. The summed E-state index contributed by atoms with van der Waals surface area (Å²) in [6.07, 6.45) is 0.516. The van der Waals surface area contributed by atoms with Crippen molar-refractivity contribution in [1.82, 2.24) is 10.6 Å². The number of para-hydroxylation sites is 1. The van der Waals surface area contributed by atoms with Gasteiger partial charge in [-0.3, -0.25) is 9.79 Å². The average Bonchev–Trinajstić information content (AvgIpc) is 2.69. The number of nitrogens with one attached hydrogen (secondary N) is 3. The number of aliphatic imine (C=N–C) groups is 1. The van der Waals surface area contributed by atoms with E-state index in [0.29, 0.717) is 38.0 Å². The van der Waals surface area contributed by atoms with E-state index >= 15 is 0 Å². The number of carbonyl (C=O) groups is 1. The molecule has 0 heterocycles. The number of anilines is 1. The third-order valence-corrected chi connectivity index (χ3v) is 4.21. The van der Waals surface area contributed by atoms with E-state index in [1.807, 2.05) is 69.3 Å². The van der Waals surface area contributed by atoms with Crippen LogP contribution in [-0.4, -0.2) is 25.5 Å². The van der Waals surface area contributed by atoms with Crippen LogP contribution in [-0.2, 0) is 17.9 Å². The Morgan fingerprint density at radius 3 is 2.55 bits per heavy atom. The standard InChI is InChI=1S/C23H32N4O2/c1-5-29-21-12-7-6-10-19(21)16-26-23(24-4)25-15-18-9-8-11-20(14-18)27-22(28)13-17(2)3/h6-12,14,17H,5,13,15-16H2,1-4H3,(H,27,28)(H2,24,25,26). The van der Waals surface area contributed by atoms with Gasteiger partial charge in [-0.1, -0.05) is 44.2 Å². The molecule has 0 unspecified atom stereocenters. The van der Waals surface area contributed by atoms with Gasteiger partial charge in [0.2, 0.25) is 5.91 Å². The van der Waals surface area contributed by atoms with Crippen molar-refractivity contribution in [3.05, 3.63) is 59.7 Å². The van der Waals surface area contributed by atoms with Gasteiger partial charge in [-0.25, -0.2) is 0 Å². The molecule has 2 rings (SSSR count). The van der Waals surface area contributed by atoms with E-state index in [-0.39, 0.29) is 5.91 Å². The molecule has 6 heteroatoms. The molecule has 0 spiro atoms. The summed E-state index contributed by atoms with van der Waals surface area (Å²) in [4.78, 5) is 16.3. The van der Waals surface area contributed by atoms with Crippen LogP contribution >= 0.6 is 0 Å². The zero-order valence-corrected chi connectivity index (χ0v) is 17.8. The van der Waals surface area contributed by atoms with E-state index in [0.717, 1.165) is 22.6 Å². The number of rotatable bonds is 9. The van der Waals surface area contributed by atoms with Crippen LogP contribution in [0.1, 0.15) is 38.3 Å². The highest BCUT2D eigenvalue weighted by Gasteiger charge is 2.07. The van der Waals surface area contributed by atoms with Crippen LogP contribution in [0.25, 0.3) is 0 Å². The molecular weight excluding hydrogens is 364 g/mol. The maximum Gasteiger partial charge on any atom is 0.224 e. The van der Waals surface area contributed by atoms with E-state index in [9.17, 15) is 4.79 Å². The molecule has 0 aliphatic carbocycles. The molecule has 0 saturated heterocycles. The van der Waals surface area contributed by atoms with Gasteiger partial charge >= 0.3 is 0 Å².